The fourth-order valence-electron chi connectivity index (χ4n) is 2.83. The van der Waals surface area contributed by atoms with Gasteiger partial charge in [-0.1, -0.05) is 30.3 Å². The molecule has 0 bridgehead atoms. The van der Waals surface area contributed by atoms with Crippen molar-refractivity contribution >= 4 is 34.1 Å². The summed E-state index contributed by atoms with van der Waals surface area (Å²) in [7, 11) is 0. The summed E-state index contributed by atoms with van der Waals surface area (Å²) in [5.74, 6) is 0.649. The van der Waals surface area contributed by atoms with Crippen LogP contribution in [0.15, 0.2) is 82.4 Å². The largest absolute Gasteiger partial charge is 0.459 e. The third kappa shape index (κ3) is 4.98. The molecule has 0 unspecified atom stereocenters. The van der Waals surface area contributed by atoms with Crippen molar-refractivity contribution < 1.29 is 9.21 Å². The van der Waals surface area contributed by atoms with Gasteiger partial charge < -0.3 is 4.42 Å². The monoisotopic (exact) mass is 431 g/mol. The summed E-state index contributed by atoms with van der Waals surface area (Å²) in [5, 5.41) is 12.2. The standard InChI is InChI=1S/C23H17N3O2S2/c24-13-17-8-6-16(7-9-17)12-20-14-25-23(30-20)26-22(27)21-18(10-11-28-21)15-29-19-4-2-1-3-5-19/h1-11,14H,12,15H2,(H,25,26,27). The summed E-state index contributed by atoms with van der Waals surface area (Å²) in [6.07, 6.45) is 3.99. The summed E-state index contributed by atoms with van der Waals surface area (Å²) in [5.41, 5.74) is 2.56. The number of thiazole rings is 1. The molecule has 2 aromatic heterocycles. The van der Waals surface area contributed by atoms with Crippen molar-refractivity contribution in [1.82, 2.24) is 4.98 Å². The zero-order chi connectivity index (χ0) is 20.8. The smallest absolute Gasteiger partial charge is 0.293 e. The molecule has 0 radical (unpaired) electrons. The van der Waals surface area contributed by atoms with Gasteiger partial charge in [0.2, 0.25) is 0 Å². The fourth-order valence-corrected chi connectivity index (χ4v) is 4.57. The molecule has 1 N–H and O–H groups in total. The molecule has 0 aliphatic rings. The molecule has 0 aliphatic heterocycles. The molecule has 0 saturated carbocycles. The number of hydrogen-bond donors (Lipinski definition) is 1. The minimum absolute atomic E-state index is 0.303. The molecule has 2 aromatic carbocycles. The van der Waals surface area contributed by atoms with E-state index >= 15 is 0 Å². The number of nitriles is 1. The number of benzene rings is 2. The number of carbonyl (C=O) groups excluding carboxylic acids is 1. The number of aromatic nitrogens is 1. The van der Waals surface area contributed by atoms with E-state index in [9.17, 15) is 4.79 Å². The molecule has 0 aliphatic carbocycles. The van der Waals surface area contributed by atoms with Gasteiger partial charge in [0.1, 0.15) is 0 Å². The summed E-state index contributed by atoms with van der Waals surface area (Å²) in [4.78, 5) is 19.1. The number of thioether (sulfide) groups is 1. The van der Waals surface area contributed by atoms with Gasteiger partial charge in [0.25, 0.3) is 5.91 Å². The first-order valence-electron chi connectivity index (χ1n) is 9.20. The van der Waals surface area contributed by atoms with Gasteiger partial charge in [0.05, 0.1) is 17.9 Å². The number of amides is 1. The van der Waals surface area contributed by atoms with Crippen LogP contribution in [0.5, 0.6) is 0 Å². The van der Waals surface area contributed by atoms with E-state index in [0.29, 0.717) is 28.6 Å². The lowest BCUT2D eigenvalue weighted by molar-refractivity contribution is 0.0995. The van der Waals surface area contributed by atoms with Crippen LogP contribution in [0.25, 0.3) is 0 Å². The summed E-state index contributed by atoms with van der Waals surface area (Å²) in [6, 6.07) is 21.4. The molecular weight excluding hydrogens is 414 g/mol. The quantitative estimate of drug-likeness (QED) is 0.377. The van der Waals surface area contributed by atoms with Gasteiger partial charge >= 0.3 is 0 Å². The zero-order valence-corrected chi connectivity index (χ0v) is 17.5. The average molecular weight is 432 g/mol. The zero-order valence-electron chi connectivity index (χ0n) is 15.9. The molecule has 0 fully saturated rings. The number of rotatable bonds is 7. The lowest BCUT2D eigenvalue weighted by atomic mass is 10.1. The Hall–Kier alpha value is -3.34. The number of furan rings is 1. The first-order chi connectivity index (χ1) is 14.7. The lowest BCUT2D eigenvalue weighted by Gasteiger charge is -2.03. The van der Waals surface area contributed by atoms with E-state index in [0.717, 1.165) is 20.9 Å². The van der Waals surface area contributed by atoms with E-state index < -0.39 is 0 Å². The Kier molecular flexibility index (Phi) is 6.28. The maximum absolute atomic E-state index is 12.7. The van der Waals surface area contributed by atoms with Crippen LogP contribution in [0, 0.1) is 11.3 Å². The Morgan fingerprint density at radius 1 is 1.13 bits per heavy atom. The minimum Gasteiger partial charge on any atom is -0.459 e. The van der Waals surface area contributed by atoms with Crippen molar-refractivity contribution in [1.29, 1.82) is 5.26 Å². The number of hydrogen-bond acceptors (Lipinski definition) is 6. The molecule has 1 amide bonds. The Morgan fingerprint density at radius 2 is 1.93 bits per heavy atom. The summed E-state index contributed by atoms with van der Waals surface area (Å²) < 4.78 is 5.44. The van der Waals surface area contributed by atoms with Crippen molar-refractivity contribution in [2.75, 3.05) is 5.32 Å². The predicted octanol–water partition coefficient (Wildman–Crippen LogP) is 5.74. The van der Waals surface area contributed by atoms with Crippen LogP contribution in [0.3, 0.4) is 0 Å². The van der Waals surface area contributed by atoms with Crippen LogP contribution in [0.4, 0.5) is 5.13 Å². The van der Waals surface area contributed by atoms with Crippen LogP contribution in [0.2, 0.25) is 0 Å². The third-order valence-corrected chi connectivity index (χ3v) is 6.30. The maximum atomic E-state index is 12.7. The van der Waals surface area contributed by atoms with Crippen molar-refractivity contribution in [3.8, 4) is 6.07 Å². The number of nitrogens with zero attached hydrogens (tertiary/aromatic N) is 2. The van der Waals surface area contributed by atoms with Crippen molar-refractivity contribution in [3.63, 3.8) is 0 Å². The minimum atomic E-state index is -0.303. The van der Waals surface area contributed by atoms with Crippen LogP contribution >= 0.6 is 23.1 Å². The van der Waals surface area contributed by atoms with Gasteiger partial charge in [0.15, 0.2) is 10.9 Å². The SMILES string of the molecule is N#Cc1ccc(Cc2cnc(NC(=O)c3occc3CSc3ccccc3)s2)cc1. The van der Waals surface area contributed by atoms with Gasteiger partial charge in [-0.25, -0.2) is 4.98 Å². The van der Waals surface area contributed by atoms with Crippen LogP contribution in [-0.4, -0.2) is 10.9 Å². The molecule has 4 aromatic rings. The number of anilines is 1. The van der Waals surface area contributed by atoms with Crippen LogP contribution in [-0.2, 0) is 12.2 Å². The van der Waals surface area contributed by atoms with E-state index in [-0.39, 0.29) is 5.91 Å². The van der Waals surface area contributed by atoms with E-state index in [4.69, 9.17) is 9.68 Å². The Bertz CT molecular complexity index is 1180. The average Bonchev–Trinajstić information content (AvgIpc) is 3.43. The second-order valence-electron chi connectivity index (χ2n) is 6.45. The maximum Gasteiger partial charge on any atom is 0.293 e. The number of nitrogens with one attached hydrogen (secondary N) is 1. The normalized spacial score (nSPS) is 10.5. The highest BCUT2D eigenvalue weighted by molar-refractivity contribution is 7.98. The van der Waals surface area contributed by atoms with Crippen molar-refractivity contribution in [3.05, 3.63) is 100 Å². The van der Waals surface area contributed by atoms with Gasteiger partial charge in [0, 0.05) is 33.7 Å². The highest BCUT2D eigenvalue weighted by atomic mass is 32.2. The molecule has 0 spiro atoms. The molecule has 148 valence electrons. The molecule has 5 nitrogen and oxygen atoms in total. The van der Waals surface area contributed by atoms with E-state index in [1.807, 2.05) is 48.5 Å². The topological polar surface area (TPSA) is 78.9 Å². The van der Waals surface area contributed by atoms with Gasteiger partial charge in [-0.15, -0.1) is 23.1 Å². The van der Waals surface area contributed by atoms with Crippen LogP contribution < -0.4 is 5.32 Å². The Morgan fingerprint density at radius 3 is 2.70 bits per heavy atom. The Labute approximate surface area is 182 Å². The third-order valence-electron chi connectivity index (χ3n) is 4.33. The molecule has 4 rings (SSSR count). The molecule has 30 heavy (non-hydrogen) atoms. The lowest BCUT2D eigenvalue weighted by Crippen LogP contribution is -2.12. The highest BCUT2D eigenvalue weighted by Gasteiger charge is 2.17. The van der Waals surface area contributed by atoms with Crippen LogP contribution in [0.1, 0.15) is 32.1 Å². The first-order valence-corrected chi connectivity index (χ1v) is 11.0. The van der Waals surface area contributed by atoms with E-state index in [1.54, 1.807) is 30.1 Å². The van der Waals surface area contributed by atoms with Gasteiger partial charge in [-0.2, -0.15) is 5.26 Å². The second-order valence-corrected chi connectivity index (χ2v) is 8.61. The second kappa shape index (κ2) is 9.44. The number of carbonyl (C=O) groups is 1. The Balaban J connectivity index is 1.38. The summed E-state index contributed by atoms with van der Waals surface area (Å²) in [6.45, 7) is 0. The van der Waals surface area contributed by atoms with Crippen molar-refractivity contribution in [2.45, 2.75) is 17.1 Å². The summed E-state index contributed by atoms with van der Waals surface area (Å²) >= 11 is 3.08. The molecule has 7 heteroatoms. The van der Waals surface area contributed by atoms with Crippen molar-refractivity contribution in [2.24, 2.45) is 0 Å². The van der Waals surface area contributed by atoms with E-state index in [2.05, 4.69) is 16.4 Å². The molecular formula is C23H17N3O2S2. The first kappa shape index (κ1) is 20.0. The van der Waals surface area contributed by atoms with E-state index in [1.165, 1.54) is 17.6 Å². The van der Waals surface area contributed by atoms with Gasteiger partial charge in [-0.3, -0.25) is 10.1 Å². The molecule has 0 atom stereocenters. The van der Waals surface area contributed by atoms with Gasteiger partial charge in [-0.05, 0) is 35.9 Å². The highest BCUT2D eigenvalue weighted by Crippen LogP contribution is 2.26. The predicted molar refractivity (Wildman–Crippen MR) is 119 cm³/mol. The fraction of sp³-hybridized carbons (Fsp3) is 0.0870. The molecule has 2 heterocycles. The molecule has 0 saturated heterocycles.